The second-order valence-corrected chi connectivity index (χ2v) is 4.42. The molecule has 1 amide bonds. The minimum atomic E-state index is -0.140. The molecule has 2 aromatic heterocycles. The van der Waals surface area contributed by atoms with Crippen molar-refractivity contribution in [2.75, 3.05) is 17.2 Å². The van der Waals surface area contributed by atoms with Crippen molar-refractivity contribution in [2.24, 2.45) is 0 Å². The molecular formula is C14H19N5O. The van der Waals surface area contributed by atoms with Gasteiger partial charge in [-0.1, -0.05) is 0 Å². The molecule has 2 rings (SSSR count). The molecule has 2 heterocycles. The highest BCUT2D eigenvalue weighted by atomic mass is 16.2. The Hall–Kier alpha value is -2.37. The molecule has 0 saturated carbocycles. The normalized spacial score (nSPS) is 10.6. The molecule has 0 radical (unpaired) electrons. The fraction of sp³-hybridized carbons (Fsp3) is 0.357. The van der Waals surface area contributed by atoms with Gasteiger partial charge in [0, 0.05) is 31.2 Å². The van der Waals surface area contributed by atoms with Gasteiger partial charge in [0.1, 0.15) is 5.69 Å². The van der Waals surface area contributed by atoms with Gasteiger partial charge in [0.25, 0.3) is 5.91 Å². The van der Waals surface area contributed by atoms with Crippen LogP contribution in [-0.4, -0.2) is 27.2 Å². The monoisotopic (exact) mass is 273 g/mol. The zero-order valence-corrected chi connectivity index (χ0v) is 12.0. The lowest BCUT2D eigenvalue weighted by molar-refractivity contribution is 0.0979. The molecule has 0 aliphatic rings. The molecule has 6 nitrogen and oxygen atoms in total. The summed E-state index contributed by atoms with van der Waals surface area (Å²) in [5, 5.41) is 4.29. The number of rotatable bonds is 4. The molecule has 0 fully saturated rings. The number of pyridine rings is 1. The van der Waals surface area contributed by atoms with E-state index in [4.69, 9.17) is 5.73 Å². The van der Waals surface area contributed by atoms with Crippen molar-refractivity contribution in [3.8, 4) is 0 Å². The quantitative estimate of drug-likeness (QED) is 0.922. The third kappa shape index (κ3) is 2.36. The van der Waals surface area contributed by atoms with Crippen LogP contribution in [0.25, 0.3) is 0 Å². The van der Waals surface area contributed by atoms with E-state index in [1.807, 2.05) is 13.8 Å². The largest absolute Gasteiger partial charge is 0.395 e. The van der Waals surface area contributed by atoms with Crippen molar-refractivity contribution >= 4 is 17.3 Å². The SMILES string of the molecule is CCN(C(=O)c1c(N)c(C)nn1CC)c1ccncc1. The van der Waals surface area contributed by atoms with Gasteiger partial charge in [-0.2, -0.15) is 5.10 Å². The van der Waals surface area contributed by atoms with Gasteiger partial charge in [0.2, 0.25) is 0 Å². The molecule has 0 unspecified atom stereocenters. The third-order valence-corrected chi connectivity index (χ3v) is 3.21. The summed E-state index contributed by atoms with van der Waals surface area (Å²) in [4.78, 5) is 18.4. The minimum Gasteiger partial charge on any atom is -0.395 e. The van der Waals surface area contributed by atoms with Crippen LogP contribution < -0.4 is 10.6 Å². The number of nitrogens with zero attached hydrogens (tertiary/aromatic N) is 4. The van der Waals surface area contributed by atoms with Crippen molar-refractivity contribution in [1.29, 1.82) is 0 Å². The number of amides is 1. The van der Waals surface area contributed by atoms with Gasteiger partial charge >= 0.3 is 0 Å². The zero-order valence-electron chi connectivity index (χ0n) is 12.0. The number of hydrogen-bond donors (Lipinski definition) is 1. The Kier molecular flexibility index (Phi) is 4.02. The van der Waals surface area contributed by atoms with E-state index in [-0.39, 0.29) is 5.91 Å². The van der Waals surface area contributed by atoms with E-state index in [1.54, 1.807) is 41.0 Å². The number of aryl methyl sites for hydroxylation is 2. The van der Waals surface area contributed by atoms with E-state index >= 15 is 0 Å². The summed E-state index contributed by atoms with van der Waals surface area (Å²) in [5.41, 5.74) is 8.38. The summed E-state index contributed by atoms with van der Waals surface area (Å²) >= 11 is 0. The van der Waals surface area contributed by atoms with E-state index in [1.165, 1.54) is 0 Å². The van der Waals surface area contributed by atoms with Gasteiger partial charge < -0.3 is 10.6 Å². The van der Waals surface area contributed by atoms with Gasteiger partial charge in [-0.3, -0.25) is 14.5 Å². The van der Waals surface area contributed by atoms with E-state index in [0.29, 0.717) is 30.2 Å². The number of nitrogens with two attached hydrogens (primary N) is 1. The van der Waals surface area contributed by atoms with E-state index < -0.39 is 0 Å². The summed E-state index contributed by atoms with van der Waals surface area (Å²) < 4.78 is 1.65. The topological polar surface area (TPSA) is 77.0 Å². The highest BCUT2D eigenvalue weighted by Crippen LogP contribution is 2.22. The molecule has 2 N–H and O–H groups in total. The predicted octanol–water partition coefficient (Wildman–Crippen LogP) is 1.86. The Morgan fingerprint density at radius 1 is 1.35 bits per heavy atom. The van der Waals surface area contributed by atoms with Crippen molar-refractivity contribution in [2.45, 2.75) is 27.3 Å². The van der Waals surface area contributed by atoms with Crippen LogP contribution in [0.2, 0.25) is 0 Å². The molecule has 0 saturated heterocycles. The van der Waals surface area contributed by atoms with Crippen LogP contribution in [0.3, 0.4) is 0 Å². The molecule has 2 aromatic rings. The van der Waals surface area contributed by atoms with Crippen LogP contribution in [0.15, 0.2) is 24.5 Å². The average molecular weight is 273 g/mol. The summed E-state index contributed by atoms with van der Waals surface area (Å²) in [5.74, 6) is -0.140. The number of carbonyl (C=O) groups excluding carboxylic acids is 1. The molecule has 0 atom stereocenters. The number of carbonyl (C=O) groups is 1. The van der Waals surface area contributed by atoms with Crippen LogP contribution in [0.4, 0.5) is 11.4 Å². The lowest BCUT2D eigenvalue weighted by Gasteiger charge is -2.21. The Balaban J connectivity index is 2.44. The first-order valence-electron chi connectivity index (χ1n) is 6.64. The van der Waals surface area contributed by atoms with Gasteiger partial charge in [-0.05, 0) is 32.9 Å². The maximum absolute atomic E-state index is 12.8. The summed E-state index contributed by atoms with van der Waals surface area (Å²) in [6.07, 6.45) is 3.33. The first-order chi connectivity index (χ1) is 9.60. The fourth-order valence-corrected chi connectivity index (χ4v) is 2.15. The van der Waals surface area contributed by atoms with Crippen molar-refractivity contribution in [3.63, 3.8) is 0 Å². The van der Waals surface area contributed by atoms with E-state index in [0.717, 1.165) is 5.69 Å². The molecule has 20 heavy (non-hydrogen) atoms. The van der Waals surface area contributed by atoms with Crippen molar-refractivity contribution in [1.82, 2.24) is 14.8 Å². The van der Waals surface area contributed by atoms with Gasteiger partial charge in [0.05, 0.1) is 11.4 Å². The highest BCUT2D eigenvalue weighted by Gasteiger charge is 2.24. The molecule has 106 valence electrons. The van der Waals surface area contributed by atoms with Crippen LogP contribution >= 0.6 is 0 Å². The second kappa shape index (κ2) is 5.73. The Labute approximate surface area is 118 Å². The van der Waals surface area contributed by atoms with E-state index in [9.17, 15) is 4.79 Å². The first kappa shape index (κ1) is 14.0. The molecule has 0 aliphatic heterocycles. The average Bonchev–Trinajstić information content (AvgIpc) is 2.76. The smallest absolute Gasteiger partial charge is 0.278 e. The van der Waals surface area contributed by atoms with E-state index in [2.05, 4.69) is 10.1 Å². The fourth-order valence-electron chi connectivity index (χ4n) is 2.15. The molecular weight excluding hydrogens is 254 g/mol. The second-order valence-electron chi connectivity index (χ2n) is 4.42. The Morgan fingerprint density at radius 3 is 2.55 bits per heavy atom. The first-order valence-corrected chi connectivity index (χ1v) is 6.64. The zero-order chi connectivity index (χ0) is 14.7. The summed E-state index contributed by atoms with van der Waals surface area (Å²) in [6.45, 7) is 6.82. The standard InChI is InChI=1S/C14H19N5O/c1-4-18(11-6-8-16-9-7-11)14(20)13-12(15)10(3)17-19(13)5-2/h6-9H,4-5,15H2,1-3H3. The molecule has 6 heteroatoms. The molecule has 0 aliphatic carbocycles. The number of nitrogen functional groups attached to an aromatic ring is 1. The Morgan fingerprint density at radius 2 is 2.00 bits per heavy atom. The highest BCUT2D eigenvalue weighted by molar-refractivity contribution is 6.08. The summed E-state index contributed by atoms with van der Waals surface area (Å²) in [6, 6.07) is 3.61. The number of anilines is 2. The van der Waals surface area contributed by atoms with Gasteiger partial charge in [-0.15, -0.1) is 0 Å². The van der Waals surface area contributed by atoms with Crippen molar-refractivity contribution in [3.05, 3.63) is 35.9 Å². The van der Waals surface area contributed by atoms with Crippen LogP contribution in [0.1, 0.15) is 30.0 Å². The third-order valence-electron chi connectivity index (χ3n) is 3.21. The molecule has 0 bridgehead atoms. The van der Waals surface area contributed by atoms with Gasteiger partial charge in [0.15, 0.2) is 0 Å². The van der Waals surface area contributed by atoms with Gasteiger partial charge in [-0.25, -0.2) is 0 Å². The summed E-state index contributed by atoms with van der Waals surface area (Å²) in [7, 11) is 0. The van der Waals surface area contributed by atoms with Crippen LogP contribution in [-0.2, 0) is 6.54 Å². The van der Waals surface area contributed by atoms with Crippen molar-refractivity contribution < 1.29 is 4.79 Å². The minimum absolute atomic E-state index is 0.140. The lowest BCUT2D eigenvalue weighted by Crippen LogP contribution is -2.33. The maximum atomic E-state index is 12.8. The number of aromatic nitrogens is 3. The molecule has 0 spiro atoms. The Bertz CT molecular complexity index is 606. The predicted molar refractivity (Wildman–Crippen MR) is 78.6 cm³/mol. The number of hydrogen-bond acceptors (Lipinski definition) is 4. The molecule has 0 aromatic carbocycles. The maximum Gasteiger partial charge on any atom is 0.278 e. The lowest BCUT2D eigenvalue weighted by atomic mass is 10.2. The van der Waals surface area contributed by atoms with Crippen LogP contribution in [0.5, 0.6) is 0 Å². The van der Waals surface area contributed by atoms with Crippen LogP contribution in [0, 0.1) is 6.92 Å².